The third kappa shape index (κ3) is 6.64. The van der Waals surface area contributed by atoms with Crippen LogP contribution in [0.4, 0.5) is 0 Å². The van der Waals surface area contributed by atoms with Gasteiger partial charge in [0, 0.05) is 6.08 Å². The van der Waals surface area contributed by atoms with Crippen molar-refractivity contribution in [3.63, 3.8) is 0 Å². The topological polar surface area (TPSA) is 72.5 Å². The number of nitrogens with one attached hydrogen (secondary N) is 1. The monoisotopic (exact) mass is 435 g/mol. The van der Waals surface area contributed by atoms with Gasteiger partial charge in [0.15, 0.2) is 0 Å². The van der Waals surface area contributed by atoms with E-state index in [2.05, 4.69) is 4.72 Å². The second-order valence-electron chi connectivity index (χ2n) is 7.07. The molecule has 160 valence electrons. The predicted octanol–water partition coefficient (Wildman–Crippen LogP) is 4.57. The molecule has 0 aliphatic heterocycles. The molecule has 3 aromatic carbocycles. The van der Waals surface area contributed by atoms with Crippen LogP contribution in [0.5, 0.6) is 0 Å². The molecule has 31 heavy (non-hydrogen) atoms. The Hall–Kier alpha value is -3.22. The van der Waals surface area contributed by atoms with Gasteiger partial charge in [-0.25, -0.2) is 17.9 Å². The molecule has 5 nitrogen and oxygen atoms in total. The number of ether oxygens (including phenoxy) is 1. The quantitative estimate of drug-likeness (QED) is 0.416. The summed E-state index contributed by atoms with van der Waals surface area (Å²) in [7, 11) is -3.47. The van der Waals surface area contributed by atoms with E-state index in [1.807, 2.05) is 78.9 Å². The van der Waals surface area contributed by atoms with Crippen molar-refractivity contribution in [2.75, 3.05) is 12.9 Å². The Bertz CT molecular complexity index is 1150. The molecule has 3 rings (SSSR count). The maximum Gasteiger partial charge on any atom is 0.330 e. The van der Waals surface area contributed by atoms with Crippen molar-refractivity contribution in [3.8, 4) is 11.1 Å². The molecule has 3 aromatic rings. The van der Waals surface area contributed by atoms with E-state index in [1.54, 1.807) is 13.0 Å². The summed E-state index contributed by atoms with van der Waals surface area (Å²) in [5.41, 5.74) is 4.49. The first-order valence-corrected chi connectivity index (χ1v) is 11.8. The molecule has 1 atom stereocenters. The van der Waals surface area contributed by atoms with Crippen molar-refractivity contribution >= 4 is 22.1 Å². The lowest BCUT2D eigenvalue weighted by Gasteiger charge is -2.19. The van der Waals surface area contributed by atoms with Crippen molar-refractivity contribution in [2.45, 2.75) is 13.0 Å². The molecule has 0 aromatic heterocycles. The molecule has 0 spiro atoms. The summed E-state index contributed by atoms with van der Waals surface area (Å²) in [6.45, 7) is 2.05. The van der Waals surface area contributed by atoms with Crippen molar-refractivity contribution in [1.29, 1.82) is 0 Å². The molecule has 0 fully saturated rings. The molecule has 0 bridgehead atoms. The molecule has 1 N–H and O–H groups in total. The van der Waals surface area contributed by atoms with Gasteiger partial charge >= 0.3 is 5.97 Å². The van der Waals surface area contributed by atoms with E-state index >= 15 is 0 Å². The number of hydrogen-bond acceptors (Lipinski definition) is 4. The van der Waals surface area contributed by atoms with Crippen LogP contribution in [0.15, 0.2) is 84.9 Å². The number of esters is 1. The van der Waals surface area contributed by atoms with E-state index in [9.17, 15) is 13.2 Å². The first kappa shape index (κ1) is 22.5. The molecule has 0 heterocycles. The highest BCUT2D eigenvalue weighted by atomic mass is 32.2. The van der Waals surface area contributed by atoms with E-state index in [0.717, 1.165) is 34.1 Å². The van der Waals surface area contributed by atoms with Crippen molar-refractivity contribution < 1.29 is 17.9 Å². The Balaban J connectivity index is 1.93. The van der Waals surface area contributed by atoms with Gasteiger partial charge in [-0.2, -0.15) is 0 Å². The number of hydrogen-bond donors (Lipinski definition) is 1. The number of carbonyl (C=O) groups excluding carboxylic acids is 1. The fourth-order valence-electron chi connectivity index (χ4n) is 3.24. The molecule has 0 radical (unpaired) electrons. The fraction of sp³-hybridized carbons (Fsp3) is 0.160. The largest absolute Gasteiger partial charge is 0.463 e. The van der Waals surface area contributed by atoms with Gasteiger partial charge in [-0.3, -0.25) is 0 Å². The Morgan fingerprint density at radius 3 is 2.26 bits per heavy atom. The molecule has 0 aliphatic rings. The standard InChI is InChI=1S/C25H25NO4S/c1-3-30-24(27)17-12-19-8-7-11-23(18-19)25(26-31(2,28)29)22-15-13-21(14-16-22)20-9-5-4-6-10-20/h4-18,25-26H,3H2,1-2H3/b17-12+. The summed E-state index contributed by atoms with van der Waals surface area (Å²) < 4.78 is 31.7. The first-order valence-electron chi connectivity index (χ1n) is 9.93. The van der Waals surface area contributed by atoms with Gasteiger partial charge in [-0.15, -0.1) is 0 Å². The Morgan fingerprint density at radius 2 is 1.61 bits per heavy atom. The lowest BCUT2D eigenvalue weighted by atomic mass is 9.95. The average molecular weight is 436 g/mol. The summed E-state index contributed by atoms with van der Waals surface area (Å²) in [6, 6.07) is 24.6. The molecule has 0 amide bonds. The van der Waals surface area contributed by atoms with Crippen LogP contribution >= 0.6 is 0 Å². The van der Waals surface area contributed by atoms with Gasteiger partial charge in [-0.1, -0.05) is 72.8 Å². The summed E-state index contributed by atoms with van der Waals surface area (Å²) in [6.07, 6.45) is 4.15. The molecule has 0 saturated heterocycles. The van der Waals surface area contributed by atoms with Gasteiger partial charge < -0.3 is 4.74 Å². The third-order valence-electron chi connectivity index (χ3n) is 4.63. The Kier molecular flexibility index (Phi) is 7.39. The molecular weight excluding hydrogens is 410 g/mol. The summed E-state index contributed by atoms with van der Waals surface area (Å²) >= 11 is 0. The minimum atomic E-state index is -3.47. The molecule has 0 saturated carbocycles. The third-order valence-corrected chi connectivity index (χ3v) is 5.29. The minimum absolute atomic E-state index is 0.308. The summed E-state index contributed by atoms with van der Waals surface area (Å²) in [4.78, 5) is 11.6. The average Bonchev–Trinajstić information content (AvgIpc) is 2.77. The fourth-order valence-corrected chi connectivity index (χ4v) is 3.94. The van der Waals surface area contributed by atoms with Crippen molar-refractivity contribution in [3.05, 3.63) is 102 Å². The van der Waals surface area contributed by atoms with E-state index in [4.69, 9.17) is 4.74 Å². The number of rotatable bonds is 8. The SMILES string of the molecule is CCOC(=O)/C=C/c1cccc(C(NS(C)(=O)=O)c2ccc(-c3ccccc3)cc2)c1. The first-order chi connectivity index (χ1) is 14.9. The van der Waals surface area contributed by atoms with Gasteiger partial charge in [0.1, 0.15) is 0 Å². The van der Waals surface area contributed by atoms with Crippen LogP contribution < -0.4 is 4.72 Å². The van der Waals surface area contributed by atoms with E-state index in [-0.39, 0.29) is 0 Å². The molecular formula is C25H25NO4S. The highest BCUT2D eigenvalue weighted by Crippen LogP contribution is 2.27. The van der Waals surface area contributed by atoms with Crippen LogP contribution in [0.3, 0.4) is 0 Å². The smallest absolute Gasteiger partial charge is 0.330 e. The summed E-state index contributed by atoms with van der Waals surface area (Å²) in [5.74, 6) is -0.421. The molecule has 0 aliphatic carbocycles. The predicted molar refractivity (Wildman–Crippen MR) is 124 cm³/mol. The summed E-state index contributed by atoms with van der Waals surface area (Å²) in [5, 5.41) is 0. The van der Waals surface area contributed by atoms with Gasteiger partial charge in [0.2, 0.25) is 10.0 Å². The van der Waals surface area contributed by atoms with Gasteiger partial charge in [-0.05, 0) is 46.9 Å². The van der Waals surface area contributed by atoms with Crippen molar-refractivity contribution in [2.24, 2.45) is 0 Å². The number of carbonyl (C=O) groups is 1. The van der Waals surface area contributed by atoms with Crippen LogP contribution in [0.1, 0.15) is 29.7 Å². The zero-order valence-electron chi connectivity index (χ0n) is 17.5. The van der Waals surface area contributed by atoms with Gasteiger partial charge in [0.05, 0.1) is 18.9 Å². The van der Waals surface area contributed by atoms with Crippen LogP contribution in [0.25, 0.3) is 17.2 Å². The Labute approximate surface area is 183 Å². The van der Waals surface area contributed by atoms with Gasteiger partial charge in [0.25, 0.3) is 0 Å². The van der Waals surface area contributed by atoms with Crippen LogP contribution in [0.2, 0.25) is 0 Å². The second kappa shape index (κ2) is 10.2. The maximum absolute atomic E-state index is 12.1. The normalized spacial score (nSPS) is 12.6. The number of sulfonamides is 1. The van der Waals surface area contributed by atoms with E-state index in [1.165, 1.54) is 6.08 Å². The molecule has 6 heteroatoms. The van der Waals surface area contributed by atoms with Crippen LogP contribution in [0, 0.1) is 0 Å². The number of benzene rings is 3. The van der Waals surface area contributed by atoms with Crippen LogP contribution in [-0.2, 0) is 19.6 Å². The zero-order valence-corrected chi connectivity index (χ0v) is 18.3. The highest BCUT2D eigenvalue weighted by molar-refractivity contribution is 7.88. The van der Waals surface area contributed by atoms with E-state index < -0.39 is 22.0 Å². The van der Waals surface area contributed by atoms with Crippen LogP contribution in [-0.4, -0.2) is 27.2 Å². The van der Waals surface area contributed by atoms with Crippen molar-refractivity contribution in [1.82, 2.24) is 4.72 Å². The minimum Gasteiger partial charge on any atom is -0.463 e. The zero-order chi connectivity index (χ0) is 22.3. The van der Waals surface area contributed by atoms with E-state index in [0.29, 0.717) is 6.61 Å². The molecule has 1 unspecified atom stereocenters. The Morgan fingerprint density at radius 1 is 0.935 bits per heavy atom. The second-order valence-corrected chi connectivity index (χ2v) is 8.85. The lowest BCUT2D eigenvalue weighted by Crippen LogP contribution is -2.28. The maximum atomic E-state index is 12.1. The lowest BCUT2D eigenvalue weighted by molar-refractivity contribution is -0.137. The highest BCUT2D eigenvalue weighted by Gasteiger charge is 2.18.